The van der Waals surface area contributed by atoms with E-state index < -0.39 is 0 Å². The van der Waals surface area contributed by atoms with Gasteiger partial charge in [-0.2, -0.15) is 0 Å². The van der Waals surface area contributed by atoms with Crippen molar-refractivity contribution in [2.24, 2.45) is 5.92 Å². The van der Waals surface area contributed by atoms with Crippen molar-refractivity contribution >= 4 is 5.69 Å². The first-order valence-electron chi connectivity index (χ1n) is 7.55. The molecule has 0 amide bonds. The van der Waals surface area contributed by atoms with Crippen LogP contribution in [0.15, 0.2) is 18.2 Å². The average Bonchev–Trinajstić information content (AvgIpc) is 2.35. The molecule has 106 valence electrons. The van der Waals surface area contributed by atoms with Crippen molar-refractivity contribution < 1.29 is 0 Å². The van der Waals surface area contributed by atoms with Crippen LogP contribution in [0, 0.1) is 19.8 Å². The molecular weight excluding hydrogens is 232 g/mol. The van der Waals surface area contributed by atoms with Crippen LogP contribution in [0.5, 0.6) is 0 Å². The molecule has 19 heavy (non-hydrogen) atoms. The van der Waals surface area contributed by atoms with E-state index in [4.69, 9.17) is 0 Å². The van der Waals surface area contributed by atoms with Crippen molar-refractivity contribution in [1.29, 1.82) is 0 Å². The van der Waals surface area contributed by atoms with Crippen LogP contribution in [-0.4, -0.2) is 25.2 Å². The molecule has 0 bridgehead atoms. The number of nitrogens with zero attached hydrogens (tertiary/aromatic N) is 1. The number of benzene rings is 1. The Bertz CT molecular complexity index is 425. The molecule has 1 fully saturated rings. The molecule has 1 N–H and O–H groups in total. The minimum Gasteiger partial charge on any atom is -0.366 e. The summed E-state index contributed by atoms with van der Waals surface area (Å²) in [5, 5.41) is 3.69. The molecule has 2 rings (SSSR count). The van der Waals surface area contributed by atoms with Crippen molar-refractivity contribution in [2.45, 2.75) is 53.1 Å². The number of rotatable bonds is 3. The van der Waals surface area contributed by atoms with E-state index in [9.17, 15) is 0 Å². The third-order valence-corrected chi connectivity index (χ3v) is 4.29. The zero-order chi connectivity index (χ0) is 14.0. The van der Waals surface area contributed by atoms with Crippen LogP contribution in [0.4, 0.5) is 5.69 Å². The quantitative estimate of drug-likeness (QED) is 0.894. The highest BCUT2D eigenvalue weighted by atomic mass is 15.2. The zero-order valence-electron chi connectivity index (χ0n) is 13.0. The van der Waals surface area contributed by atoms with Crippen molar-refractivity contribution in [3.63, 3.8) is 0 Å². The van der Waals surface area contributed by atoms with Crippen molar-refractivity contribution in [3.8, 4) is 0 Å². The molecule has 2 unspecified atom stereocenters. The van der Waals surface area contributed by atoms with Gasteiger partial charge < -0.3 is 10.2 Å². The van der Waals surface area contributed by atoms with Gasteiger partial charge in [0, 0.05) is 30.9 Å². The molecule has 1 aliphatic heterocycles. The van der Waals surface area contributed by atoms with E-state index in [1.165, 1.54) is 23.2 Å². The van der Waals surface area contributed by atoms with E-state index in [1.54, 1.807) is 0 Å². The maximum atomic E-state index is 3.69. The summed E-state index contributed by atoms with van der Waals surface area (Å²) < 4.78 is 0. The van der Waals surface area contributed by atoms with Crippen molar-refractivity contribution in [3.05, 3.63) is 29.3 Å². The number of nitrogens with one attached hydrogen (secondary N) is 1. The van der Waals surface area contributed by atoms with E-state index in [2.05, 4.69) is 63.0 Å². The second-order valence-corrected chi connectivity index (χ2v) is 6.46. The molecule has 1 aromatic carbocycles. The van der Waals surface area contributed by atoms with Gasteiger partial charge in [0.2, 0.25) is 0 Å². The summed E-state index contributed by atoms with van der Waals surface area (Å²) in [6.45, 7) is 13.6. The SMILES string of the molecule is Cc1cccc(N2CC(CC(C)C)NCC2C)c1C. The Morgan fingerprint density at radius 2 is 2.05 bits per heavy atom. The van der Waals surface area contributed by atoms with Crippen LogP contribution in [0.2, 0.25) is 0 Å². The standard InChI is InChI=1S/C17H28N2/c1-12(2)9-16-11-19(14(4)10-18-16)17-8-6-7-13(3)15(17)5/h6-8,12,14,16,18H,9-11H2,1-5H3. The molecule has 1 saturated heterocycles. The lowest BCUT2D eigenvalue weighted by atomic mass is 9.98. The Morgan fingerprint density at radius 3 is 2.74 bits per heavy atom. The monoisotopic (exact) mass is 260 g/mol. The second kappa shape index (κ2) is 5.96. The van der Waals surface area contributed by atoms with Gasteiger partial charge in [0.05, 0.1) is 0 Å². The molecular formula is C17H28N2. The lowest BCUT2D eigenvalue weighted by molar-refractivity contribution is 0.355. The first-order chi connectivity index (χ1) is 8.99. The Balaban J connectivity index is 2.19. The lowest BCUT2D eigenvalue weighted by Gasteiger charge is -2.42. The maximum Gasteiger partial charge on any atom is 0.0401 e. The van der Waals surface area contributed by atoms with Crippen molar-refractivity contribution in [1.82, 2.24) is 5.32 Å². The van der Waals surface area contributed by atoms with Crippen LogP contribution in [0.25, 0.3) is 0 Å². The van der Waals surface area contributed by atoms with E-state index in [0.717, 1.165) is 19.0 Å². The molecule has 0 aromatic heterocycles. The molecule has 1 aliphatic rings. The highest BCUT2D eigenvalue weighted by molar-refractivity contribution is 5.57. The van der Waals surface area contributed by atoms with Gasteiger partial charge in [-0.25, -0.2) is 0 Å². The van der Waals surface area contributed by atoms with Crippen LogP contribution < -0.4 is 10.2 Å². The molecule has 1 aromatic rings. The first kappa shape index (κ1) is 14.4. The van der Waals surface area contributed by atoms with E-state index in [1.807, 2.05) is 0 Å². The van der Waals surface area contributed by atoms with Gasteiger partial charge in [0.15, 0.2) is 0 Å². The number of hydrogen-bond donors (Lipinski definition) is 1. The van der Waals surface area contributed by atoms with E-state index >= 15 is 0 Å². The largest absolute Gasteiger partial charge is 0.366 e. The fraction of sp³-hybridized carbons (Fsp3) is 0.647. The van der Waals surface area contributed by atoms with Gasteiger partial charge in [0.25, 0.3) is 0 Å². The summed E-state index contributed by atoms with van der Waals surface area (Å²) in [5.74, 6) is 0.756. The van der Waals surface area contributed by atoms with Gasteiger partial charge in [0.1, 0.15) is 0 Å². The molecule has 0 aliphatic carbocycles. The van der Waals surface area contributed by atoms with E-state index in [-0.39, 0.29) is 0 Å². The topological polar surface area (TPSA) is 15.3 Å². The number of hydrogen-bond acceptors (Lipinski definition) is 2. The van der Waals surface area contributed by atoms with Crippen LogP contribution in [-0.2, 0) is 0 Å². The Morgan fingerprint density at radius 1 is 1.32 bits per heavy atom. The summed E-state index contributed by atoms with van der Waals surface area (Å²) in [6, 6.07) is 7.86. The van der Waals surface area contributed by atoms with E-state index in [0.29, 0.717) is 12.1 Å². The third-order valence-electron chi connectivity index (χ3n) is 4.29. The Hall–Kier alpha value is -1.02. The number of anilines is 1. The fourth-order valence-corrected chi connectivity index (χ4v) is 3.04. The lowest BCUT2D eigenvalue weighted by Crippen LogP contribution is -2.56. The average molecular weight is 260 g/mol. The van der Waals surface area contributed by atoms with Crippen molar-refractivity contribution in [2.75, 3.05) is 18.0 Å². The number of piperazine rings is 1. The predicted octanol–water partition coefficient (Wildman–Crippen LogP) is 3.52. The molecule has 0 saturated carbocycles. The maximum absolute atomic E-state index is 3.69. The van der Waals surface area contributed by atoms with Gasteiger partial charge in [-0.15, -0.1) is 0 Å². The Labute approximate surface area is 118 Å². The Kier molecular flexibility index (Phi) is 4.51. The van der Waals surface area contributed by atoms with Gasteiger partial charge in [-0.1, -0.05) is 26.0 Å². The second-order valence-electron chi connectivity index (χ2n) is 6.46. The van der Waals surface area contributed by atoms with Gasteiger partial charge in [-0.3, -0.25) is 0 Å². The summed E-state index contributed by atoms with van der Waals surface area (Å²) >= 11 is 0. The first-order valence-corrected chi connectivity index (χ1v) is 7.55. The predicted molar refractivity (Wildman–Crippen MR) is 84.0 cm³/mol. The molecule has 0 radical (unpaired) electrons. The fourth-order valence-electron chi connectivity index (χ4n) is 3.04. The summed E-state index contributed by atoms with van der Waals surface area (Å²) in [6.07, 6.45) is 1.26. The third kappa shape index (κ3) is 3.30. The number of aryl methyl sites for hydroxylation is 1. The van der Waals surface area contributed by atoms with Crippen LogP contribution in [0.3, 0.4) is 0 Å². The van der Waals surface area contributed by atoms with Gasteiger partial charge in [-0.05, 0) is 50.3 Å². The molecule has 1 heterocycles. The molecule has 2 nitrogen and oxygen atoms in total. The summed E-state index contributed by atoms with van der Waals surface area (Å²) in [5.41, 5.74) is 4.24. The van der Waals surface area contributed by atoms with Crippen LogP contribution >= 0.6 is 0 Å². The highest BCUT2D eigenvalue weighted by Crippen LogP contribution is 2.27. The minimum absolute atomic E-state index is 0.573. The smallest absolute Gasteiger partial charge is 0.0401 e. The normalized spacial score (nSPS) is 24.0. The van der Waals surface area contributed by atoms with Crippen LogP contribution in [0.1, 0.15) is 38.3 Å². The highest BCUT2D eigenvalue weighted by Gasteiger charge is 2.26. The summed E-state index contributed by atoms with van der Waals surface area (Å²) in [4.78, 5) is 2.59. The molecule has 2 heteroatoms. The minimum atomic E-state index is 0.573. The molecule has 2 atom stereocenters. The van der Waals surface area contributed by atoms with Gasteiger partial charge >= 0.3 is 0 Å². The zero-order valence-corrected chi connectivity index (χ0v) is 13.0. The molecule has 0 spiro atoms. The summed E-state index contributed by atoms with van der Waals surface area (Å²) in [7, 11) is 0.